The predicted molar refractivity (Wildman–Crippen MR) is 117 cm³/mol. The molecule has 1 aromatic carbocycles. The molecule has 1 fully saturated rings. The highest BCUT2D eigenvalue weighted by Gasteiger charge is 2.34. The second-order valence-corrected chi connectivity index (χ2v) is 8.85. The van der Waals surface area contributed by atoms with Crippen molar-refractivity contribution in [2.75, 3.05) is 6.54 Å². The van der Waals surface area contributed by atoms with Crippen molar-refractivity contribution in [3.63, 3.8) is 0 Å². The van der Waals surface area contributed by atoms with E-state index in [0.29, 0.717) is 11.7 Å². The lowest BCUT2D eigenvalue weighted by molar-refractivity contribution is 0.0218. The molecule has 0 unspecified atom stereocenters. The molecule has 3 heterocycles. The van der Waals surface area contributed by atoms with Crippen molar-refractivity contribution < 1.29 is 9.53 Å². The van der Waals surface area contributed by atoms with Gasteiger partial charge in [0.25, 0.3) is 0 Å². The number of likely N-dealkylation sites (tertiary alicyclic amines) is 1. The van der Waals surface area contributed by atoms with Gasteiger partial charge in [-0.25, -0.2) is 14.8 Å². The molecule has 0 radical (unpaired) electrons. The van der Waals surface area contributed by atoms with Crippen LogP contribution in [-0.4, -0.2) is 38.1 Å². The van der Waals surface area contributed by atoms with Gasteiger partial charge >= 0.3 is 6.09 Å². The van der Waals surface area contributed by atoms with Gasteiger partial charge < -0.3 is 9.72 Å². The first kappa shape index (κ1) is 20.4. The maximum atomic E-state index is 12.6. The van der Waals surface area contributed by atoms with E-state index in [0.717, 1.165) is 41.1 Å². The molecule has 1 N–H and O–H groups in total. The number of ether oxygens (including phenoxy) is 1. The summed E-state index contributed by atoms with van der Waals surface area (Å²) in [4.78, 5) is 26.4. The number of pyridine rings is 1. The number of carbonyl (C=O) groups is 1. The number of amides is 1. The number of nitrogens with one attached hydrogen (secondary N) is 1. The number of aromatic amines is 1. The van der Waals surface area contributed by atoms with E-state index in [2.05, 4.69) is 15.0 Å². The zero-order valence-corrected chi connectivity index (χ0v) is 18.1. The lowest BCUT2D eigenvalue weighted by atomic mass is 10.0. The number of aromatic nitrogens is 3. The van der Waals surface area contributed by atoms with E-state index in [1.54, 1.807) is 17.2 Å². The van der Waals surface area contributed by atoms with Crippen molar-refractivity contribution in [1.82, 2.24) is 19.9 Å². The van der Waals surface area contributed by atoms with Crippen LogP contribution in [0.3, 0.4) is 0 Å². The van der Waals surface area contributed by atoms with Gasteiger partial charge in [-0.1, -0.05) is 35.9 Å². The van der Waals surface area contributed by atoms with Crippen molar-refractivity contribution in [2.24, 2.45) is 0 Å². The summed E-state index contributed by atoms with van der Waals surface area (Å²) in [7, 11) is 0. The molecule has 0 bridgehead atoms. The molecule has 1 amide bonds. The van der Waals surface area contributed by atoms with Gasteiger partial charge in [-0.05, 0) is 56.9 Å². The highest BCUT2D eigenvalue weighted by Crippen LogP contribution is 2.33. The van der Waals surface area contributed by atoms with Crippen LogP contribution in [0.4, 0.5) is 4.79 Å². The Hall–Kier alpha value is -2.86. The van der Waals surface area contributed by atoms with Crippen LogP contribution in [0.5, 0.6) is 0 Å². The molecule has 1 atom stereocenters. The molecule has 0 aliphatic carbocycles. The van der Waals surface area contributed by atoms with Crippen LogP contribution >= 0.6 is 11.6 Å². The Balaban J connectivity index is 1.51. The number of benzene rings is 1. The number of hydrogen-bond donors (Lipinski definition) is 1. The molecule has 156 valence electrons. The molecule has 6 nitrogen and oxygen atoms in total. The van der Waals surface area contributed by atoms with Crippen molar-refractivity contribution in [2.45, 2.75) is 45.3 Å². The average Bonchev–Trinajstić information content (AvgIpc) is 3.37. The molecule has 1 aliphatic heterocycles. The van der Waals surface area contributed by atoms with Crippen LogP contribution in [0.15, 0.2) is 48.8 Å². The third-order valence-electron chi connectivity index (χ3n) is 5.05. The van der Waals surface area contributed by atoms with Crippen LogP contribution in [0.2, 0.25) is 5.15 Å². The molecular weight excluding hydrogens is 400 g/mol. The summed E-state index contributed by atoms with van der Waals surface area (Å²) >= 11 is 5.87. The molecule has 1 saturated heterocycles. The molecule has 0 spiro atoms. The molecule has 1 aliphatic rings. The van der Waals surface area contributed by atoms with E-state index in [-0.39, 0.29) is 12.1 Å². The molecule has 2 aromatic heterocycles. The Morgan fingerprint density at radius 1 is 1.07 bits per heavy atom. The number of imidazole rings is 1. The number of halogens is 1. The zero-order chi connectivity index (χ0) is 21.3. The quantitative estimate of drug-likeness (QED) is 0.534. The van der Waals surface area contributed by atoms with E-state index in [9.17, 15) is 4.79 Å². The maximum absolute atomic E-state index is 12.6. The second kappa shape index (κ2) is 8.11. The van der Waals surface area contributed by atoms with Crippen LogP contribution in [-0.2, 0) is 4.74 Å². The second-order valence-electron chi connectivity index (χ2n) is 8.46. The molecule has 0 saturated carbocycles. The number of carbonyl (C=O) groups excluding carboxylic acids is 1. The minimum atomic E-state index is -0.514. The Kier molecular flexibility index (Phi) is 5.52. The van der Waals surface area contributed by atoms with Gasteiger partial charge in [0.15, 0.2) is 0 Å². The van der Waals surface area contributed by atoms with E-state index >= 15 is 0 Å². The van der Waals surface area contributed by atoms with Gasteiger partial charge in [-0.3, -0.25) is 4.90 Å². The summed E-state index contributed by atoms with van der Waals surface area (Å²) in [5.74, 6) is 0.791. The normalized spacial score (nSPS) is 16.7. The summed E-state index contributed by atoms with van der Waals surface area (Å²) in [5.41, 5.74) is 3.51. The van der Waals surface area contributed by atoms with Gasteiger partial charge in [-0.15, -0.1) is 0 Å². The summed E-state index contributed by atoms with van der Waals surface area (Å²) in [6, 6.07) is 11.8. The fourth-order valence-corrected chi connectivity index (χ4v) is 3.74. The number of nitrogens with zero attached hydrogens (tertiary/aromatic N) is 3. The number of hydrogen-bond acceptors (Lipinski definition) is 4. The predicted octanol–water partition coefficient (Wildman–Crippen LogP) is 5.86. The fraction of sp³-hybridized carbons (Fsp3) is 0.348. The molecular formula is C23H25ClN4O2. The Morgan fingerprint density at radius 2 is 1.77 bits per heavy atom. The summed E-state index contributed by atoms with van der Waals surface area (Å²) in [5, 5.41) is 0.479. The highest BCUT2D eigenvalue weighted by molar-refractivity contribution is 6.29. The van der Waals surface area contributed by atoms with Gasteiger partial charge in [0.2, 0.25) is 0 Å². The van der Waals surface area contributed by atoms with E-state index < -0.39 is 5.60 Å². The molecule has 30 heavy (non-hydrogen) atoms. The fourth-order valence-electron chi connectivity index (χ4n) is 3.63. The van der Waals surface area contributed by atoms with Gasteiger partial charge in [0.1, 0.15) is 16.6 Å². The monoisotopic (exact) mass is 424 g/mol. The molecule has 3 aromatic rings. The van der Waals surface area contributed by atoms with Crippen LogP contribution in [0, 0.1) is 0 Å². The van der Waals surface area contributed by atoms with E-state index in [4.69, 9.17) is 16.3 Å². The third-order valence-corrected chi connectivity index (χ3v) is 5.27. The van der Waals surface area contributed by atoms with Crippen LogP contribution in [0.25, 0.3) is 22.4 Å². The average molecular weight is 425 g/mol. The number of rotatable bonds is 3. The van der Waals surface area contributed by atoms with Crippen LogP contribution < -0.4 is 0 Å². The first-order chi connectivity index (χ1) is 14.3. The highest BCUT2D eigenvalue weighted by atomic mass is 35.5. The van der Waals surface area contributed by atoms with Gasteiger partial charge in [0.05, 0.1) is 17.9 Å². The van der Waals surface area contributed by atoms with E-state index in [1.807, 2.05) is 57.3 Å². The SMILES string of the molecule is CC(C)(C)OC(=O)N1CCC[C@H]1c1ncc(-c2ccc(-c3ccc(Cl)nc3)cc2)[nH]1. The number of H-pyrrole nitrogens is 1. The molecule has 7 heteroatoms. The maximum Gasteiger partial charge on any atom is 0.410 e. The van der Waals surface area contributed by atoms with Gasteiger partial charge in [0, 0.05) is 18.3 Å². The zero-order valence-electron chi connectivity index (χ0n) is 17.4. The lowest BCUT2D eigenvalue weighted by Crippen LogP contribution is -2.36. The largest absolute Gasteiger partial charge is 0.444 e. The minimum Gasteiger partial charge on any atom is -0.444 e. The van der Waals surface area contributed by atoms with Crippen molar-refractivity contribution in [1.29, 1.82) is 0 Å². The molecule has 4 rings (SSSR count). The Morgan fingerprint density at radius 3 is 2.43 bits per heavy atom. The Bertz CT molecular complexity index is 1020. The lowest BCUT2D eigenvalue weighted by Gasteiger charge is -2.27. The minimum absolute atomic E-state index is 0.0898. The Labute approximate surface area is 181 Å². The topological polar surface area (TPSA) is 71.1 Å². The van der Waals surface area contributed by atoms with Crippen LogP contribution in [0.1, 0.15) is 45.5 Å². The van der Waals surface area contributed by atoms with E-state index in [1.165, 1.54) is 0 Å². The van der Waals surface area contributed by atoms with Gasteiger partial charge in [-0.2, -0.15) is 0 Å². The summed E-state index contributed by atoms with van der Waals surface area (Å²) < 4.78 is 5.56. The third kappa shape index (κ3) is 4.49. The van der Waals surface area contributed by atoms with Crippen molar-refractivity contribution in [3.05, 3.63) is 59.8 Å². The smallest absolute Gasteiger partial charge is 0.410 e. The summed E-state index contributed by atoms with van der Waals surface area (Å²) in [6.45, 7) is 6.32. The first-order valence-electron chi connectivity index (χ1n) is 10.1. The van der Waals surface area contributed by atoms with Crippen molar-refractivity contribution >= 4 is 17.7 Å². The first-order valence-corrected chi connectivity index (χ1v) is 10.4. The van der Waals surface area contributed by atoms with Crippen molar-refractivity contribution in [3.8, 4) is 22.4 Å². The summed E-state index contributed by atoms with van der Waals surface area (Å²) in [6.07, 6.45) is 5.10. The standard InChI is InChI=1S/C23H25ClN4O2/c1-23(2,3)30-22(29)28-12-4-5-19(28)21-26-14-18(27-21)16-8-6-15(7-9-16)17-10-11-20(24)25-13-17/h6-11,13-14,19H,4-5,12H2,1-3H3,(H,26,27)/t19-/m0/s1.